The van der Waals surface area contributed by atoms with Crippen LogP contribution in [-0.4, -0.2) is 12.2 Å². The van der Waals surface area contributed by atoms with E-state index < -0.39 is 0 Å². The third kappa shape index (κ3) is 5.29. The molecule has 1 heterocycles. The standard InChI is InChI=1S/C19H28O2/c1-4-5-11-17-14-18(13-12-15(2)3)21-19(20-17)16-9-7-6-8-10-16/h6-10,12-13,15,17-19H,4-5,11,14H2,1-3H3/b13-12+/t17-,18+,19-/m0/s1. The van der Waals surface area contributed by atoms with Gasteiger partial charge in [-0.2, -0.15) is 0 Å². The molecule has 3 atom stereocenters. The smallest absolute Gasteiger partial charge is 0.184 e. The second-order valence-corrected chi connectivity index (χ2v) is 6.18. The van der Waals surface area contributed by atoms with Gasteiger partial charge in [0.1, 0.15) is 0 Å². The minimum Gasteiger partial charge on any atom is -0.345 e. The topological polar surface area (TPSA) is 18.5 Å². The van der Waals surface area contributed by atoms with Gasteiger partial charge in [0, 0.05) is 12.0 Å². The lowest BCUT2D eigenvalue weighted by molar-refractivity contribution is -0.238. The molecule has 1 aromatic rings. The monoisotopic (exact) mass is 288 g/mol. The van der Waals surface area contributed by atoms with Crippen LogP contribution in [0.25, 0.3) is 0 Å². The zero-order valence-electron chi connectivity index (χ0n) is 13.5. The highest BCUT2D eigenvalue weighted by Crippen LogP contribution is 2.32. The van der Waals surface area contributed by atoms with E-state index in [1.54, 1.807) is 0 Å². The summed E-state index contributed by atoms with van der Waals surface area (Å²) in [6.45, 7) is 6.61. The first-order valence-corrected chi connectivity index (χ1v) is 8.23. The van der Waals surface area contributed by atoms with Crippen molar-refractivity contribution in [2.75, 3.05) is 0 Å². The summed E-state index contributed by atoms with van der Waals surface area (Å²) in [5.41, 5.74) is 1.11. The van der Waals surface area contributed by atoms with Crippen molar-refractivity contribution < 1.29 is 9.47 Å². The lowest BCUT2D eigenvalue weighted by atomic mass is 10.0. The van der Waals surface area contributed by atoms with Crippen LogP contribution in [0.4, 0.5) is 0 Å². The predicted octanol–water partition coefficient (Wildman–Crippen LogP) is 5.26. The number of hydrogen-bond acceptors (Lipinski definition) is 2. The molecule has 0 saturated carbocycles. The second-order valence-electron chi connectivity index (χ2n) is 6.18. The van der Waals surface area contributed by atoms with Gasteiger partial charge in [0.25, 0.3) is 0 Å². The normalized spacial score (nSPS) is 26.6. The van der Waals surface area contributed by atoms with Gasteiger partial charge in [0.05, 0.1) is 12.2 Å². The van der Waals surface area contributed by atoms with Crippen LogP contribution in [0.1, 0.15) is 58.3 Å². The van der Waals surface area contributed by atoms with E-state index in [0.29, 0.717) is 12.0 Å². The average molecular weight is 288 g/mol. The molecule has 116 valence electrons. The van der Waals surface area contributed by atoms with Gasteiger partial charge < -0.3 is 9.47 Å². The van der Waals surface area contributed by atoms with E-state index >= 15 is 0 Å². The van der Waals surface area contributed by atoms with Gasteiger partial charge in [-0.15, -0.1) is 0 Å². The van der Waals surface area contributed by atoms with E-state index in [2.05, 4.69) is 45.1 Å². The fraction of sp³-hybridized carbons (Fsp3) is 0.579. The summed E-state index contributed by atoms with van der Waals surface area (Å²) in [6.07, 6.45) is 9.18. The number of unbranched alkanes of at least 4 members (excludes halogenated alkanes) is 1. The quantitative estimate of drug-likeness (QED) is 0.665. The minimum atomic E-state index is -0.233. The van der Waals surface area contributed by atoms with E-state index in [-0.39, 0.29) is 12.4 Å². The lowest BCUT2D eigenvalue weighted by Gasteiger charge is -2.35. The number of benzene rings is 1. The van der Waals surface area contributed by atoms with Crippen LogP contribution >= 0.6 is 0 Å². The van der Waals surface area contributed by atoms with Crippen molar-refractivity contribution in [1.82, 2.24) is 0 Å². The van der Waals surface area contributed by atoms with Gasteiger partial charge in [-0.1, -0.05) is 76.1 Å². The molecule has 1 aromatic carbocycles. The summed E-state index contributed by atoms with van der Waals surface area (Å²) < 4.78 is 12.3. The van der Waals surface area contributed by atoms with Crippen LogP contribution in [0.15, 0.2) is 42.5 Å². The molecule has 0 radical (unpaired) electrons. The molecule has 0 unspecified atom stereocenters. The van der Waals surface area contributed by atoms with Crippen molar-refractivity contribution in [1.29, 1.82) is 0 Å². The Bertz CT molecular complexity index is 424. The minimum absolute atomic E-state index is 0.160. The highest BCUT2D eigenvalue weighted by atomic mass is 16.7. The number of allylic oxidation sites excluding steroid dienone is 1. The Morgan fingerprint density at radius 3 is 2.62 bits per heavy atom. The van der Waals surface area contributed by atoms with E-state index in [4.69, 9.17) is 9.47 Å². The molecule has 1 saturated heterocycles. The maximum Gasteiger partial charge on any atom is 0.184 e. The molecular weight excluding hydrogens is 260 g/mol. The molecule has 0 aromatic heterocycles. The second kappa shape index (κ2) is 8.35. The van der Waals surface area contributed by atoms with E-state index in [1.165, 1.54) is 12.8 Å². The van der Waals surface area contributed by atoms with Gasteiger partial charge in [-0.3, -0.25) is 0 Å². The van der Waals surface area contributed by atoms with Gasteiger partial charge in [-0.05, 0) is 12.3 Å². The number of ether oxygens (including phenoxy) is 2. The summed E-state index contributed by atoms with van der Waals surface area (Å²) in [5.74, 6) is 0.556. The SMILES string of the molecule is CCCC[C@H]1C[C@@H](/C=C/C(C)C)O[C@@H](c2ccccc2)O1. The van der Waals surface area contributed by atoms with Crippen molar-refractivity contribution in [3.8, 4) is 0 Å². The van der Waals surface area contributed by atoms with Crippen LogP contribution in [0.3, 0.4) is 0 Å². The Hall–Kier alpha value is -1.12. The zero-order chi connectivity index (χ0) is 15.1. The highest BCUT2D eigenvalue weighted by Gasteiger charge is 2.29. The molecule has 0 spiro atoms. The van der Waals surface area contributed by atoms with Crippen molar-refractivity contribution in [2.45, 2.75) is 65.0 Å². The van der Waals surface area contributed by atoms with Crippen molar-refractivity contribution >= 4 is 0 Å². The van der Waals surface area contributed by atoms with Gasteiger partial charge in [-0.25, -0.2) is 0 Å². The van der Waals surface area contributed by atoms with E-state index in [1.807, 2.05) is 18.2 Å². The fourth-order valence-corrected chi connectivity index (χ4v) is 2.59. The third-order valence-corrected chi connectivity index (χ3v) is 3.77. The average Bonchev–Trinajstić information content (AvgIpc) is 2.51. The molecule has 0 amide bonds. The summed E-state index contributed by atoms with van der Waals surface area (Å²) in [6, 6.07) is 10.3. The van der Waals surface area contributed by atoms with E-state index in [0.717, 1.165) is 18.4 Å². The maximum atomic E-state index is 6.16. The van der Waals surface area contributed by atoms with Crippen LogP contribution in [0.5, 0.6) is 0 Å². The molecule has 1 aliphatic heterocycles. The van der Waals surface area contributed by atoms with Crippen molar-refractivity contribution in [2.24, 2.45) is 5.92 Å². The zero-order valence-corrected chi connectivity index (χ0v) is 13.5. The van der Waals surface area contributed by atoms with Gasteiger partial charge in [0.15, 0.2) is 6.29 Å². The maximum absolute atomic E-state index is 6.16. The highest BCUT2D eigenvalue weighted by molar-refractivity contribution is 5.16. The Kier molecular flexibility index (Phi) is 6.47. The molecule has 2 heteroatoms. The number of hydrogen-bond donors (Lipinski definition) is 0. The predicted molar refractivity (Wildman–Crippen MR) is 87.0 cm³/mol. The first-order valence-electron chi connectivity index (χ1n) is 8.23. The lowest BCUT2D eigenvalue weighted by Crippen LogP contribution is -2.32. The van der Waals surface area contributed by atoms with Crippen molar-refractivity contribution in [3.63, 3.8) is 0 Å². The molecule has 21 heavy (non-hydrogen) atoms. The molecular formula is C19H28O2. The largest absolute Gasteiger partial charge is 0.345 e. The Morgan fingerprint density at radius 1 is 1.19 bits per heavy atom. The van der Waals surface area contributed by atoms with Crippen LogP contribution in [0.2, 0.25) is 0 Å². The Morgan fingerprint density at radius 2 is 1.95 bits per heavy atom. The fourth-order valence-electron chi connectivity index (χ4n) is 2.59. The third-order valence-electron chi connectivity index (χ3n) is 3.77. The molecule has 0 N–H and O–H groups in total. The molecule has 1 fully saturated rings. The molecule has 2 nitrogen and oxygen atoms in total. The Labute approximate surface area is 129 Å². The first-order chi connectivity index (χ1) is 10.2. The van der Waals surface area contributed by atoms with Crippen LogP contribution < -0.4 is 0 Å². The van der Waals surface area contributed by atoms with Crippen LogP contribution in [-0.2, 0) is 9.47 Å². The molecule has 1 aliphatic rings. The molecule has 0 bridgehead atoms. The van der Waals surface area contributed by atoms with Gasteiger partial charge >= 0.3 is 0 Å². The Balaban J connectivity index is 2.06. The van der Waals surface area contributed by atoms with E-state index in [9.17, 15) is 0 Å². The first kappa shape index (κ1) is 16.3. The summed E-state index contributed by atoms with van der Waals surface area (Å²) >= 11 is 0. The summed E-state index contributed by atoms with van der Waals surface area (Å²) in [5, 5.41) is 0. The molecule has 0 aliphatic carbocycles. The molecule has 2 rings (SSSR count). The summed E-state index contributed by atoms with van der Waals surface area (Å²) in [7, 11) is 0. The summed E-state index contributed by atoms with van der Waals surface area (Å²) in [4.78, 5) is 0. The van der Waals surface area contributed by atoms with Crippen molar-refractivity contribution in [3.05, 3.63) is 48.0 Å². The van der Waals surface area contributed by atoms with Gasteiger partial charge in [0.2, 0.25) is 0 Å². The number of rotatable bonds is 6. The van der Waals surface area contributed by atoms with Crippen LogP contribution in [0, 0.1) is 5.92 Å².